The van der Waals surface area contributed by atoms with Crippen molar-refractivity contribution in [1.82, 2.24) is 4.90 Å². The smallest absolute Gasteiger partial charge is 0.354 e. The van der Waals surface area contributed by atoms with Crippen LogP contribution in [0.4, 0.5) is 0 Å². The SMILES string of the molecule is CCSC1=C(C(=O)O)N2C(=O)[C@](O)([C@@H](C)O)[C@H]2S1. The second kappa shape index (κ2) is 4.44. The lowest BCUT2D eigenvalue weighted by Gasteiger charge is -2.50. The number of thioether (sulfide) groups is 2. The molecule has 0 bridgehead atoms. The Hall–Kier alpha value is -0.700. The van der Waals surface area contributed by atoms with Gasteiger partial charge in [-0.15, -0.1) is 11.8 Å². The van der Waals surface area contributed by atoms with Crippen LogP contribution < -0.4 is 0 Å². The molecule has 1 amide bonds. The van der Waals surface area contributed by atoms with Crippen molar-refractivity contribution in [3.63, 3.8) is 0 Å². The third-order valence-corrected chi connectivity index (χ3v) is 5.53. The maximum atomic E-state index is 11.9. The number of β-lactam (4-membered cyclic amide) rings is 1. The summed E-state index contributed by atoms with van der Waals surface area (Å²) in [5, 5.41) is 28.0. The van der Waals surface area contributed by atoms with E-state index in [1.807, 2.05) is 6.92 Å². The molecule has 0 aromatic carbocycles. The third-order valence-electron chi connectivity index (χ3n) is 2.94. The summed E-state index contributed by atoms with van der Waals surface area (Å²) < 4.78 is 0.500. The fourth-order valence-electron chi connectivity index (χ4n) is 1.96. The summed E-state index contributed by atoms with van der Waals surface area (Å²) in [6, 6.07) is 0. The van der Waals surface area contributed by atoms with Gasteiger partial charge in [-0.1, -0.05) is 18.7 Å². The molecule has 0 spiro atoms. The average molecular weight is 291 g/mol. The number of carbonyl (C=O) groups is 2. The molecule has 2 aliphatic heterocycles. The molecule has 0 aromatic rings. The van der Waals surface area contributed by atoms with Crippen LogP contribution >= 0.6 is 23.5 Å². The third kappa shape index (κ3) is 1.59. The predicted molar refractivity (Wildman–Crippen MR) is 67.6 cm³/mol. The van der Waals surface area contributed by atoms with Gasteiger partial charge in [0.2, 0.25) is 0 Å². The zero-order valence-corrected chi connectivity index (χ0v) is 11.4. The summed E-state index contributed by atoms with van der Waals surface area (Å²) in [5.41, 5.74) is -1.98. The van der Waals surface area contributed by atoms with Gasteiger partial charge in [-0.25, -0.2) is 4.79 Å². The molecule has 0 saturated carbocycles. The first kappa shape index (κ1) is 13.7. The monoisotopic (exact) mass is 291 g/mol. The van der Waals surface area contributed by atoms with Crippen molar-refractivity contribution in [3.8, 4) is 0 Å². The van der Waals surface area contributed by atoms with E-state index in [2.05, 4.69) is 0 Å². The molecular weight excluding hydrogens is 278 g/mol. The summed E-state index contributed by atoms with van der Waals surface area (Å²) in [6.45, 7) is 3.19. The molecule has 2 rings (SSSR count). The van der Waals surface area contributed by atoms with Gasteiger partial charge in [0.15, 0.2) is 11.3 Å². The fraction of sp³-hybridized carbons (Fsp3) is 0.600. The van der Waals surface area contributed by atoms with Crippen LogP contribution in [0.1, 0.15) is 13.8 Å². The molecule has 6 nitrogen and oxygen atoms in total. The standard InChI is InChI=1S/C10H13NO5S2/c1-3-17-7-5(6(13)14)11-8(15)10(16,4(2)12)9(11)18-7/h4,9,12,16H,3H2,1-2H3,(H,13,14)/t4-,9-,10-/m1/s1. The van der Waals surface area contributed by atoms with E-state index >= 15 is 0 Å². The van der Waals surface area contributed by atoms with Crippen LogP contribution in [0, 0.1) is 0 Å². The van der Waals surface area contributed by atoms with Crippen molar-refractivity contribution >= 4 is 35.4 Å². The molecule has 3 N–H and O–H groups in total. The molecule has 0 unspecified atom stereocenters. The number of rotatable bonds is 4. The fourth-order valence-corrected chi connectivity index (χ4v) is 4.73. The Balaban J connectivity index is 2.35. The van der Waals surface area contributed by atoms with Gasteiger partial charge < -0.3 is 15.3 Å². The van der Waals surface area contributed by atoms with Gasteiger partial charge in [-0.3, -0.25) is 9.69 Å². The molecule has 8 heteroatoms. The van der Waals surface area contributed by atoms with Crippen LogP contribution in [0.15, 0.2) is 9.93 Å². The molecule has 3 atom stereocenters. The van der Waals surface area contributed by atoms with Crippen LogP contribution in [0.2, 0.25) is 0 Å². The van der Waals surface area contributed by atoms with E-state index in [1.165, 1.54) is 18.7 Å². The quantitative estimate of drug-likeness (QED) is 0.628. The van der Waals surface area contributed by atoms with Gasteiger partial charge >= 0.3 is 5.97 Å². The van der Waals surface area contributed by atoms with E-state index in [1.54, 1.807) is 0 Å². The number of hydrogen-bond acceptors (Lipinski definition) is 6. The van der Waals surface area contributed by atoms with Gasteiger partial charge in [0.05, 0.1) is 10.3 Å². The number of carboxylic acids is 1. The molecule has 0 aromatic heterocycles. The van der Waals surface area contributed by atoms with Crippen LogP contribution in [-0.2, 0) is 9.59 Å². The normalized spacial score (nSPS) is 32.3. The first-order valence-corrected chi connectivity index (χ1v) is 7.23. The summed E-state index contributed by atoms with van der Waals surface area (Å²) in [5.74, 6) is -1.28. The molecule has 100 valence electrons. The minimum atomic E-state index is -1.89. The molecular formula is C10H13NO5S2. The van der Waals surface area contributed by atoms with Crippen molar-refractivity contribution in [1.29, 1.82) is 0 Å². The highest BCUT2D eigenvalue weighted by molar-refractivity contribution is 8.22. The highest BCUT2D eigenvalue weighted by Gasteiger charge is 2.68. The molecule has 1 fully saturated rings. The molecule has 1 saturated heterocycles. The average Bonchev–Trinajstić information content (AvgIpc) is 2.65. The summed E-state index contributed by atoms with van der Waals surface area (Å²) >= 11 is 2.43. The minimum absolute atomic E-state index is 0.0906. The number of amides is 1. The van der Waals surface area contributed by atoms with E-state index in [0.29, 0.717) is 9.99 Å². The first-order chi connectivity index (χ1) is 8.35. The van der Waals surface area contributed by atoms with Crippen molar-refractivity contribution in [3.05, 3.63) is 9.93 Å². The lowest BCUT2D eigenvalue weighted by molar-refractivity contribution is -0.193. The number of fused-ring (bicyclic) bond motifs is 1. The van der Waals surface area contributed by atoms with Gasteiger partial charge in [-0.2, -0.15) is 0 Å². The number of nitrogens with zero attached hydrogens (tertiary/aromatic N) is 1. The molecule has 2 heterocycles. The van der Waals surface area contributed by atoms with E-state index in [0.717, 1.165) is 16.7 Å². The Morgan fingerprint density at radius 3 is 2.72 bits per heavy atom. The van der Waals surface area contributed by atoms with Gasteiger partial charge in [0.1, 0.15) is 5.37 Å². The maximum Gasteiger partial charge on any atom is 0.354 e. The predicted octanol–water partition coefficient (Wildman–Crippen LogP) is 0.0202. The Bertz CT molecular complexity index is 450. The van der Waals surface area contributed by atoms with Crippen molar-refractivity contribution < 1.29 is 24.9 Å². The number of hydrogen-bond donors (Lipinski definition) is 3. The number of carbonyl (C=O) groups excluding carboxylic acids is 1. The van der Waals surface area contributed by atoms with E-state index in [-0.39, 0.29) is 5.70 Å². The largest absolute Gasteiger partial charge is 0.477 e. The van der Waals surface area contributed by atoms with Crippen molar-refractivity contribution in [2.24, 2.45) is 0 Å². The van der Waals surface area contributed by atoms with Crippen LogP contribution in [0.5, 0.6) is 0 Å². The number of aliphatic hydroxyl groups excluding tert-OH is 1. The zero-order chi connectivity index (χ0) is 13.7. The van der Waals surface area contributed by atoms with E-state index in [4.69, 9.17) is 5.11 Å². The lowest BCUT2D eigenvalue weighted by Crippen LogP contribution is -2.75. The zero-order valence-electron chi connectivity index (χ0n) is 9.78. The van der Waals surface area contributed by atoms with Gasteiger partial charge in [0, 0.05) is 0 Å². The second-order valence-corrected chi connectivity index (χ2v) is 6.64. The van der Waals surface area contributed by atoms with Crippen LogP contribution in [0.25, 0.3) is 0 Å². The van der Waals surface area contributed by atoms with Gasteiger partial charge in [0.25, 0.3) is 5.91 Å². The van der Waals surface area contributed by atoms with Crippen molar-refractivity contribution in [2.45, 2.75) is 30.9 Å². The first-order valence-electron chi connectivity index (χ1n) is 5.36. The maximum absolute atomic E-state index is 11.9. The highest BCUT2D eigenvalue weighted by Crippen LogP contribution is 2.55. The Morgan fingerprint density at radius 2 is 2.28 bits per heavy atom. The topological polar surface area (TPSA) is 98.1 Å². The summed E-state index contributed by atoms with van der Waals surface area (Å²) in [7, 11) is 0. The minimum Gasteiger partial charge on any atom is -0.477 e. The van der Waals surface area contributed by atoms with Crippen molar-refractivity contribution in [2.75, 3.05) is 5.75 Å². The Kier molecular flexibility index (Phi) is 3.39. The summed E-state index contributed by atoms with van der Waals surface area (Å²) in [6.07, 6.45) is -1.24. The number of aliphatic carboxylic acids is 1. The Morgan fingerprint density at radius 1 is 1.67 bits per heavy atom. The lowest BCUT2D eigenvalue weighted by atomic mass is 9.86. The molecule has 0 radical (unpaired) electrons. The molecule has 0 aliphatic carbocycles. The van der Waals surface area contributed by atoms with Crippen LogP contribution in [0.3, 0.4) is 0 Å². The Labute approximate surface area is 112 Å². The summed E-state index contributed by atoms with van der Waals surface area (Å²) in [4.78, 5) is 24.1. The molecule has 18 heavy (non-hydrogen) atoms. The molecule has 2 aliphatic rings. The second-order valence-electron chi connectivity index (χ2n) is 4.02. The number of aliphatic hydroxyl groups is 2. The van der Waals surface area contributed by atoms with E-state index < -0.39 is 29.0 Å². The highest BCUT2D eigenvalue weighted by atomic mass is 32.2. The van der Waals surface area contributed by atoms with Gasteiger partial charge in [-0.05, 0) is 12.7 Å². The van der Waals surface area contributed by atoms with Crippen LogP contribution in [-0.4, -0.2) is 54.9 Å². The number of carboxylic acid groups (broad SMARTS) is 1. The van der Waals surface area contributed by atoms with E-state index in [9.17, 15) is 19.8 Å².